The summed E-state index contributed by atoms with van der Waals surface area (Å²) in [4.78, 5) is 27.8. The number of nitrogens with zero attached hydrogens (tertiary/aromatic N) is 5. The summed E-state index contributed by atoms with van der Waals surface area (Å²) in [5, 5.41) is 7.50. The van der Waals surface area contributed by atoms with Crippen LogP contribution in [0.25, 0.3) is 16.9 Å². The Kier molecular flexibility index (Phi) is 4.02. The number of H-pyrrole nitrogens is 1. The van der Waals surface area contributed by atoms with Gasteiger partial charge in [-0.15, -0.1) is 0 Å². The molecule has 130 valence electrons. The lowest BCUT2D eigenvalue weighted by molar-refractivity contribution is 0.0527. The van der Waals surface area contributed by atoms with E-state index in [4.69, 9.17) is 4.74 Å². The van der Waals surface area contributed by atoms with Crippen LogP contribution in [-0.2, 0) is 4.74 Å². The highest BCUT2D eigenvalue weighted by Crippen LogP contribution is 2.26. The predicted octanol–water partition coefficient (Wildman–Crippen LogP) is 2.46. The average Bonchev–Trinajstić information content (AvgIpc) is 3.30. The van der Waals surface area contributed by atoms with E-state index in [1.165, 1.54) is 18.9 Å². The Labute approximate surface area is 148 Å². The van der Waals surface area contributed by atoms with Crippen LogP contribution in [-0.4, -0.2) is 42.3 Å². The number of aromatic nitrogens is 6. The summed E-state index contributed by atoms with van der Waals surface area (Å²) in [7, 11) is 0. The Morgan fingerprint density at radius 1 is 1.23 bits per heavy atom. The number of fused-ring (bicyclic) bond motifs is 1. The summed E-state index contributed by atoms with van der Waals surface area (Å²) < 4.78 is 6.76. The molecular formula is C17H15N7O2. The SMILES string of the molecule is CCOC(=O)c1cnn(-c2ccccc2)c1Nc1ncnc2nc[nH]c12. The largest absolute Gasteiger partial charge is 0.462 e. The molecule has 2 N–H and O–H groups in total. The molecule has 0 aliphatic heterocycles. The van der Waals surface area contributed by atoms with E-state index in [9.17, 15) is 4.79 Å². The first-order chi connectivity index (χ1) is 12.8. The minimum Gasteiger partial charge on any atom is -0.462 e. The van der Waals surface area contributed by atoms with E-state index >= 15 is 0 Å². The molecule has 0 bridgehead atoms. The van der Waals surface area contributed by atoms with Crippen LogP contribution in [0.2, 0.25) is 0 Å². The van der Waals surface area contributed by atoms with E-state index in [1.807, 2.05) is 30.3 Å². The monoisotopic (exact) mass is 349 g/mol. The van der Waals surface area contributed by atoms with Crippen LogP contribution in [0, 0.1) is 0 Å². The molecule has 0 radical (unpaired) electrons. The van der Waals surface area contributed by atoms with Crippen molar-refractivity contribution in [3.63, 3.8) is 0 Å². The van der Waals surface area contributed by atoms with Crippen LogP contribution in [0.1, 0.15) is 17.3 Å². The zero-order valence-corrected chi connectivity index (χ0v) is 13.9. The number of hydrogen-bond acceptors (Lipinski definition) is 7. The van der Waals surface area contributed by atoms with Gasteiger partial charge in [-0.05, 0) is 19.1 Å². The molecule has 0 fully saturated rings. The third-order valence-corrected chi connectivity index (χ3v) is 3.73. The van der Waals surface area contributed by atoms with Gasteiger partial charge in [0.15, 0.2) is 11.5 Å². The molecule has 0 aliphatic rings. The maximum Gasteiger partial charge on any atom is 0.343 e. The lowest BCUT2D eigenvalue weighted by Crippen LogP contribution is -2.10. The van der Waals surface area contributed by atoms with Crippen LogP contribution >= 0.6 is 0 Å². The Hall–Kier alpha value is -3.75. The Balaban J connectivity index is 1.83. The van der Waals surface area contributed by atoms with Crippen molar-refractivity contribution < 1.29 is 9.53 Å². The van der Waals surface area contributed by atoms with Gasteiger partial charge in [0.25, 0.3) is 0 Å². The number of carbonyl (C=O) groups is 1. The fourth-order valence-electron chi connectivity index (χ4n) is 2.56. The van der Waals surface area contributed by atoms with Gasteiger partial charge in [-0.25, -0.2) is 24.4 Å². The van der Waals surface area contributed by atoms with E-state index in [2.05, 4.69) is 30.4 Å². The van der Waals surface area contributed by atoms with Gasteiger partial charge in [-0.3, -0.25) is 0 Å². The van der Waals surface area contributed by atoms with E-state index in [1.54, 1.807) is 11.6 Å². The van der Waals surface area contributed by atoms with Gasteiger partial charge in [-0.1, -0.05) is 18.2 Å². The average molecular weight is 349 g/mol. The van der Waals surface area contributed by atoms with Crippen LogP contribution < -0.4 is 5.32 Å². The molecule has 0 aliphatic carbocycles. The van der Waals surface area contributed by atoms with Crippen LogP contribution in [0.5, 0.6) is 0 Å². The number of anilines is 2. The molecule has 4 rings (SSSR count). The number of imidazole rings is 1. The minimum absolute atomic E-state index is 0.271. The number of para-hydroxylation sites is 1. The molecule has 0 saturated heterocycles. The summed E-state index contributed by atoms with van der Waals surface area (Å²) in [5.41, 5.74) is 2.25. The molecule has 4 aromatic rings. The summed E-state index contributed by atoms with van der Waals surface area (Å²) in [6.45, 7) is 2.03. The number of nitrogens with one attached hydrogen (secondary N) is 2. The smallest absolute Gasteiger partial charge is 0.343 e. The standard InChI is InChI=1S/C17H15N7O2/c1-2-26-17(25)12-8-22-24(11-6-4-3-5-7-11)16(12)23-15-13-14(19-9-18-13)20-10-21-15/h3-10H,2H2,1H3,(H2,18,19,20,21,23). The lowest BCUT2D eigenvalue weighted by Gasteiger charge is -2.11. The Morgan fingerprint density at radius 2 is 2.08 bits per heavy atom. The molecule has 0 amide bonds. The minimum atomic E-state index is -0.466. The molecule has 0 saturated carbocycles. The first-order valence-electron chi connectivity index (χ1n) is 7.99. The van der Waals surface area contributed by atoms with Crippen LogP contribution in [0.15, 0.2) is 49.2 Å². The van der Waals surface area contributed by atoms with Gasteiger partial charge in [0.2, 0.25) is 0 Å². The second-order valence-corrected chi connectivity index (χ2v) is 5.32. The van der Waals surface area contributed by atoms with Crippen molar-refractivity contribution in [2.75, 3.05) is 11.9 Å². The highest BCUT2D eigenvalue weighted by Gasteiger charge is 2.21. The van der Waals surface area contributed by atoms with E-state index < -0.39 is 5.97 Å². The van der Waals surface area contributed by atoms with Gasteiger partial charge in [0.1, 0.15) is 23.2 Å². The first kappa shape index (κ1) is 15.8. The summed E-state index contributed by atoms with van der Waals surface area (Å²) in [6.07, 6.45) is 4.41. The summed E-state index contributed by atoms with van der Waals surface area (Å²) >= 11 is 0. The molecule has 3 aromatic heterocycles. The van der Waals surface area contributed by atoms with Crippen molar-refractivity contribution in [1.29, 1.82) is 0 Å². The maximum absolute atomic E-state index is 12.3. The van der Waals surface area contributed by atoms with Crippen molar-refractivity contribution in [2.45, 2.75) is 6.92 Å². The van der Waals surface area contributed by atoms with Crippen molar-refractivity contribution >= 4 is 28.8 Å². The summed E-state index contributed by atoms with van der Waals surface area (Å²) in [6, 6.07) is 9.47. The fourth-order valence-corrected chi connectivity index (χ4v) is 2.56. The lowest BCUT2D eigenvalue weighted by atomic mass is 10.3. The van der Waals surface area contributed by atoms with Crippen LogP contribution in [0.4, 0.5) is 11.6 Å². The number of hydrogen-bond donors (Lipinski definition) is 2. The molecule has 0 atom stereocenters. The quantitative estimate of drug-likeness (QED) is 0.532. The molecule has 1 aromatic carbocycles. The Morgan fingerprint density at radius 3 is 2.88 bits per heavy atom. The van der Waals surface area contributed by atoms with Gasteiger partial charge in [-0.2, -0.15) is 5.10 Å². The number of rotatable bonds is 5. The molecule has 9 nitrogen and oxygen atoms in total. The van der Waals surface area contributed by atoms with Gasteiger partial charge in [0, 0.05) is 0 Å². The molecule has 0 spiro atoms. The van der Waals surface area contributed by atoms with Crippen molar-refractivity contribution in [2.24, 2.45) is 0 Å². The highest BCUT2D eigenvalue weighted by molar-refractivity contribution is 5.97. The normalized spacial score (nSPS) is 10.8. The van der Waals surface area contributed by atoms with Gasteiger partial charge < -0.3 is 15.0 Å². The number of benzene rings is 1. The van der Waals surface area contributed by atoms with E-state index in [-0.39, 0.29) is 6.61 Å². The van der Waals surface area contributed by atoms with Crippen LogP contribution in [0.3, 0.4) is 0 Å². The van der Waals surface area contributed by atoms with Crippen molar-refractivity contribution in [3.05, 3.63) is 54.7 Å². The zero-order chi connectivity index (χ0) is 17.9. The fraction of sp³-hybridized carbons (Fsp3) is 0.118. The highest BCUT2D eigenvalue weighted by atomic mass is 16.5. The molecular weight excluding hydrogens is 334 g/mol. The van der Waals surface area contributed by atoms with Crippen molar-refractivity contribution in [1.82, 2.24) is 29.7 Å². The molecule has 0 unspecified atom stereocenters. The van der Waals surface area contributed by atoms with Crippen molar-refractivity contribution in [3.8, 4) is 5.69 Å². The third-order valence-electron chi connectivity index (χ3n) is 3.73. The second-order valence-electron chi connectivity index (χ2n) is 5.32. The van der Waals surface area contributed by atoms with E-state index in [0.717, 1.165) is 5.69 Å². The van der Waals surface area contributed by atoms with Gasteiger partial charge >= 0.3 is 5.97 Å². The zero-order valence-electron chi connectivity index (χ0n) is 13.9. The molecule has 26 heavy (non-hydrogen) atoms. The molecule has 9 heteroatoms. The predicted molar refractivity (Wildman–Crippen MR) is 94.5 cm³/mol. The van der Waals surface area contributed by atoms with Gasteiger partial charge in [0.05, 0.1) is 24.8 Å². The molecule has 3 heterocycles. The number of carbonyl (C=O) groups excluding carboxylic acids is 1. The second kappa shape index (κ2) is 6.63. The Bertz CT molecular complexity index is 1060. The number of ether oxygens (including phenoxy) is 1. The number of esters is 1. The topological polar surface area (TPSA) is 111 Å². The third kappa shape index (κ3) is 2.75. The summed E-state index contributed by atoms with van der Waals surface area (Å²) in [5.74, 6) is 0.465. The number of aromatic amines is 1. The maximum atomic E-state index is 12.3. The van der Waals surface area contributed by atoms with E-state index in [0.29, 0.717) is 28.4 Å². The first-order valence-corrected chi connectivity index (χ1v) is 7.99.